The van der Waals surface area contributed by atoms with Gasteiger partial charge in [0.25, 0.3) is 0 Å². The number of nitrogens with one attached hydrogen (secondary N) is 2. The second kappa shape index (κ2) is 12.6. The SMILES string of the molecule is CN=C(NCCOc1ccc2c(c1)OCO2)NCc1ccc(COCC(F)(F)F)cc1.I. The van der Waals surface area contributed by atoms with Crippen LogP contribution < -0.4 is 24.8 Å². The van der Waals surface area contributed by atoms with Gasteiger partial charge < -0.3 is 29.6 Å². The summed E-state index contributed by atoms with van der Waals surface area (Å²) in [6.45, 7) is 0.344. The minimum atomic E-state index is -4.32. The fourth-order valence-corrected chi connectivity index (χ4v) is 2.75. The molecule has 1 heterocycles. The zero-order chi connectivity index (χ0) is 22.1. The Balaban J connectivity index is 0.00000363. The number of rotatable bonds is 9. The summed E-state index contributed by atoms with van der Waals surface area (Å²) in [5, 5.41) is 6.31. The van der Waals surface area contributed by atoms with Crippen molar-refractivity contribution in [1.29, 1.82) is 0 Å². The smallest absolute Gasteiger partial charge is 0.411 e. The van der Waals surface area contributed by atoms with Crippen molar-refractivity contribution in [3.8, 4) is 17.2 Å². The Hall–Kier alpha value is -2.41. The van der Waals surface area contributed by atoms with Gasteiger partial charge in [-0.05, 0) is 23.3 Å². The van der Waals surface area contributed by atoms with Gasteiger partial charge in [-0.2, -0.15) is 13.2 Å². The van der Waals surface area contributed by atoms with E-state index < -0.39 is 12.8 Å². The number of halogens is 4. The quantitative estimate of drug-likeness (QED) is 0.208. The van der Waals surface area contributed by atoms with E-state index in [0.29, 0.717) is 48.5 Å². The van der Waals surface area contributed by atoms with Gasteiger partial charge in [0, 0.05) is 19.7 Å². The molecule has 0 unspecified atom stereocenters. The van der Waals surface area contributed by atoms with E-state index >= 15 is 0 Å². The first kappa shape index (κ1) is 25.8. The maximum Gasteiger partial charge on any atom is 0.411 e. The van der Waals surface area contributed by atoms with Crippen molar-refractivity contribution in [1.82, 2.24) is 10.6 Å². The Morgan fingerprint density at radius 3 is 2.47 bits per heavy atom. The molecule has 3 rings (SSSR count). The third-order valence-corrected chi connectivity index (χ3v) is 4.25. The minimum absolute atomic E-state index is 0. The van der Waals surface area contributed by atoms with Gasteiger partial charge in [0.1, 0.15) is 19.0 Å². The van der Waals surface area contributed by atoms with Crippen LogP contribution in [0.15, 0.2) is 47.5 Å². The molecule has 1 aliphatic heterocycles. The van der Waals surface area contributed by atoms with Crippen molar-refractivity contribution in [3.05, 3.63) is 53.6 Å². The minimum Gasteiger partial charge on any atom is -0.492 e. The van der Waals surface area contributed by atoms with Crippen LogP contribution in [-0.2, 0) is 17.9 Å². The molecule has 0 radical (unpaired) electrons. The van der Waals surface area contributed by atoms with E-state index in [1.807, 2.05) is 18.2 Å². The molecule has 0 fully saturated rings. The lowest BCUT2D eigenvalue weighted by Crippen LogP contribution is -2.38. The molecule has 0 saturated heterocycles. The first-order chi connectivity index (χ1) is 14.9. The van der Waals surface area contributed by atoms with Crippen LogP contribution >= 0.6 is 24.0 Å². The van der Waals surface area contributed by atoms with Gasteiger partial charge in [0.05, 0.1) is 13.2 Å². The van der Waals surface area contributed by atoms with Crippen molar-refractivity contribution >= 4 is 29.9 Å². The van der Waals surface area contributed by atoms with Crippen molar-refractivity contribution in [2.24, 2.45) is 4.99 Å². The van der Waals surface area contributed by atoms with E-state index in [9.17, 15) is 13.2 Å². The van der Waals surface area contributed by atoms with E-state index in [1.165, 1.54) is 0 Å². The van der Waals surface area contributed by atoms with Crippen LogP contribution in [0.2, 0.25) is 0 Å². The number of hydrogen-bond acceptors (Lipinski definition) is 5. The molecular weight excluding hydrogens is 542 g/mol. The van der Waals surface area contributed by atoms with Crippen LogP contribution in [0.1, 0.15) is 11.1 Å². The predicted octanol–water partition coefficient (Wildman–Crippen LogP) is 3.86. The normalized spacial score (nSPS) is 12.8. The summed E-state index contributed by atoms with van der Waals surface area (Å²) in [6.07, 6.45) is -4.32. The Bertz CT molecular complexity index is 880. The fourth-order valence-electron chi connectivity index (χ4n) is 2.75. The lowest BCUT2D eigenvalue weighted by atomic mass is 10.1. The van der Waals surface area contributed by atoms with E-state index in [4.69, 9.17) is 14.2 Å². The van der Waals surface area contributed by atoms with E-state index in [0.717, 1.165) is 5.56 Å². The average Bonchev–Trinajstić information content (AvgIpc) is 3.21. The van der Waals surface area contributed by atoms with Crippen LogP contribution in [0.5, 0.6) is 17.2 Å². The number of fused-ring (bicyclic) bond motifs is 1. The molecule has 0 aliphatic carbocycles. The molecule has 0 amide bonds. The zero-order valence-electron chi connectivity index (χ0n) is 17.4. The van der Waals surface area contributed by atoms with Crippen molar-refractivity contribution in [2.75, 3.05) is 33.6 Å². The van der Waals surface area contributed by atoms with Crippen molar-refractivity contribution in [3.63, 3.8) is 0 Å². The summed E-state index contributed by atoms with van der Waals surface area (Å²) in [5.41, 5.74) is 1.63. The lowest BCUT2D eigenvalue weighted by Gasteiger charge is -2.13. The first-order valence-corrected chi connectivity index (χ1v) is 9.62. The highest BCUT2D eigenvalue weighted by atomic mass is 127. The summed E-state index contributed by atoms with van der Waals surface area (Å²) >= 11 is 0. The number of benzene rings is 2. The molecule has 0 saturated carbocycles. The summed E-state index contributed by atoms with van der Waals surface area (Å²) < 4.78 is 57.3. The highest BCUT2D eigenvalue weighted by Crippen LogP contribution is 2.34. The van der Waals surface area contributed by atoms with Crippen LogP contribution in [0.4, 0.5) is 13.2 Å². The third-order valence-electron chi connectivity index (χ3n) is 4.25. The van der Waals surface area contributed by atoms with Crippen molar-refractivity contribution in [2.45, 2.75) is 19.3 Å². The molecule has 1 aliphatic rings. The molecule has 0 atom stereocenters. The summed E-state index contributed by atoms with van der Waals surface area (Å²) in [7, 11) is 1.66. The highest BCUT2D eigenvalue weighted by Gasteiger charge is 2.27. The van der Waals surface area contributed by atoms with E-state index in [2.05, 4.69) is 20.4 Å². The van der Waals surface area contributed by atoms with Crippen LogP contribution in [0.3, 0.4) is 0 Å². The number of hydrogen-bond donors (Lipinski definition) is 2. The summed E-state index contributed by atoms with van der Waals surface area (Å²) in [6, 6.07) is 12.5. The number of guanidine groups is 1. The molecule has 2 N–H and O–H groups in total. The number of aliphatic imine (C=N–C) groups is 1. The van der Waals surface area contributed by atoms with Crippen molar-refractivity contribution < 1.29 is 32.1 Å². The maximum absolute atomic E-state index is 12.1. The number of nitrogens with zero attached hydrogens (tertiary/aromatic N) is 1. The Labute approximate surface area is 201 Å². The second-order valence-electron chi connectivity index (χ2n) is 6.64. The van der Waals surface area contributed by atoms with Gasteiger partial charge in [-0.1, -0.05) is 24.3 Å². The van der Waals surface area contributed by atoms with Gasteiger partial charge in [-0.3, -0.25) is 4.99 Å². The van der Waals surface area contributed by atoms with Gasteiger partial charge in [0.15, 0.2) is 17.5 Å². The van der Waals surface area contributed by atoms with Gasteiger partial charge in [-0.15, -0.1) is 24.0 Å². The van der Waals surface area contributed by atoms with Gasteiger partial charge in [0.2, 0.25) is 6.79 Å². The number of ether oxygens (including phenoxy) is 4. The van der Waals surface area contributed by atoms with Crippen LogP contribution in [0.25, 0.3) is 0 Å². The third kappa shape index (κ3) is 8.61. The predicted molar refractivity (Wildman–Crippen MR) is 124 cm³/mol. The summed E-state index contributed by atoms with van der Waals surface area (Å²) in [4.78, 5) is 4.15. The maximum atomic E-state index is 12.1. The second-order valence-corrected chi connectivity index (χ2v) is 6.64. The van der Waals surface area contributed by atoms with E-state index in [-0.39, 0.29) is 37.4 Å². The Morgan fingerprint density at radius 1 is 1.03 bits per heavy atom. The molecule has 2 aromatic rings. The molecule has 11 heteroatoms. The first-order valence-electron chi connectivity index (χ1n) is 9.62. The Kier molecular flexibility index (Phi) is 10.2. The molecular formula is C21H25F3IN3O4. The largest absolute Gasteiger partial charge is 0.492 e. The molecule has 32 heavy (non-hydrogen) atoms. The summed E-state index contributed by atoms with van der Waals surface area (Å²) in [5.74, 6) is 2.66. The molecule has 176 valence electrons. The highest BCUT2D eigenvalue weighted by molar-refractivity contribution is 14.0. The molecule has 0 aromatic heterocycles. The van der Waals surface area contributed by atoms with E-state index in [1.54, 1.807) is 31.3 Å². The van der Waals surface area contributed by atoms with Crippen LogP contribution in [-0.4, -0.2) is 45.7 Å². The monoisotopic (exact) mass is 567 g/mol. The standard InChI is InChI=1S/C21H24F3N3O4.HI/c1-25-20(26-8-9-29-17-6-7-18-19(10-17)31-14-30-18)27-11-15-2-4-16(5-3-15)12-28-13-21(22,23)24;/h2-7,10H,8-9,11-14H2,1H3,(H2,25,26,27);1H. The van der Waals surface area contributed by atoms with Gasteiger partial charge >= 0.3 is 6.18 Å². The fraction of sp³-hybridized carbons (Fsp3) is 0.381. The molecule has 0 bridgehead atoms. The number of alkyl halides is 3. The topological polar surface area (TPSA) is 73.3 Å². The molecule has 0 spiro atoms. The lowest BCUT2D eigenvalue weighted by molar-refractivity contribution is -0.176. The molecule has 7 nitrogen and oxygen atoms in total. The van der Waals surface area contributed by atoms with Gasteiger partial charge in [-0.25, -0.2) is 0 Å². The molecule has 2 aromatic carbocycles. The van der Waals surface area contributed by atoms with Crippen LogP contribution in [0, 0.1) is 0 Å². The zero-order valence-corrected chi connectivity index (χ0v) is 19.7. The average molecular weight is 567 g/mol. The Morgan fingerprint density at radius 2 is 1.75 bits per heavy atom.